The van der Waals surface area contributed by atoms with Crippen LogP contribution in [0.25, 0.3) is 0 Å². The summed E-state index contributed by atoms with van der Waals surface area (Å²) in [6.45, 7) is 20.1. The van der Waals surface area contributed by atoms with Gasteiger partial charge in [0.05, 0.1) is 31.4 Å². The molecule has 0 saturated carbocycles. The number of rotatable bonds is 14. The number of aromatic nitrogens is 2. The maximum absolute atomic E-state index is 11.1. The summed E-state index contributed by atoms with van der Waals surface area (Å²) in [7, 11) is 0. The molecule has 41 heavy (non-hydrogen) atoms. The van der Waals surface area contributed by atoms with Crippen molar-refractivity contribution in [2.24, 2.45) is 0 Å². The van der Waals surface area contributed by atoms with Gasteiger partial charge in [-0.2, -0.15) is 0 Å². The number of benzene rings is 1. The summed E-state index contributed by atoms with van der Waals surface area (Å²) in [5.41, 5.74) is 2.25. The zero-order valence-electron chi connectivity index (χ0n) is 26.6. The second-order valence-corrected chi connectivity index (χ2v) is 11.8. The number of imidazole rings is 1. The summed E-state index contributed by atoms with van der Waals surface area (Å²) in [5.74, 6) is 1.72. The molecule has 0 fully saturated rings. The predicted octanol–water partition coefficient (Wildman–Crippen LogP) is 9.06. The SMILES string of the molecule is C=C(OCCCCn1ccnc1)C(C)(C)c1cc(O)c(C2CCC=C(CO)C2)c(OC(C)C)c1.CC.CCCCBr. The van der Waals surface area contributed by atoms with Crippen molar-refractivity contribution in [2.45, 2.75) is 117 Å². The highest BCUT2D eigenvalue weighted by Gasteiger charge is 2.31. The van der Waals surface area contributed by atoms with Crippen LogP contribution in [0.5, 0.6) is 11.5 Å². The lowest BCUT2D eigenvalue weighted by molar-refractivity contribution is 0.167. The van der Waals surface area contributed by atoms with Gasteiger partial charge in [0, 0.05) is 35.2 Å². The minimum atomic E-state index is -0.502. The molecule has 0 spiro atoms. The maximum atomic E-state index is 11.1. The fourth-order valence-electron chi connectivity index (χ4n) is 4.59. The average Bonchev–Trinajstić information content (AvgIpc) is 3.48. The van der Waals surface area contributed by atoms with Gasteiger partial charge >= 0.3 is 0 Å². The van der Waals surface area contributed by atoms with Gasteiger partial charge in [-0.15, -0.1) is 0 Å². The van der Waals surface area contributed by atoms with Crippen molar-refractivity contribution < 1.29 is 19.7 Å². The highest BCUT2D eigenvalue weighted by molar-refractivity contribution is 9.09. The lowest BCUT2D eigenvalue weighted by Crippen LogP contribution is -2.23. The molecule has 1 heterocycles. The standard InChI is InChI=1S/C28H40N2O4.C4H9Br.C2H6/c1-20(2)34-26-17-24(16-25(32)27(26)23-10-8-9-22(15-23)18-31)28(4,5)21(3)33-14-7-6-12-30-13-11-29-19-30;1-2-3-4-5;1-2/h9,11,13,16-17,19-20,23,31-32H,3,6-8,10,12,14-15,18H2,1-2,4-5H3;2-4H2,1H3;1-2H3. The molecule has 2 N–H and O–H groups in total. The third-order valence-electron chi connectivity index (χ3n) is 7.10. The van der Waals surface area contributed by atoms with Crippen molar-refractivity contribution >= 4 is 15.9 Å². The molecule has 1 aliphatic rings. The monoisotopic (exact) mass is 634 g/mol. The van der Waals surface area contributed by atoms with E-state index in [1.54, 1.807) is 6.20 Å². The molecule has 0 aliphatic heterocycles. The molecule has 1 atom stereocenters. The van der Waals surface area contributed by atoms with Crippen LogP contribution in [0.15, 0.2) is 54.8 Å². The summed E-state index contributed by atoms with van der Waals surface area (Å²) in [5, 5.41) is 21.9. The fourth-order valence-corrected chi connectivity index (χ4v) is 5.15. The topological polar surface area (TPSA) is 76.7 Å². The van der Waals surface area contributed by atoms with Crippen molar-refractivity contribution in [1.82, 2.24) is 9.55 Å². The summed E-state index contributed by atoms with van der Waals surface area (Å²) in [6.07, 6.45) is 14.7. The molecule has 232 valence electrons. The van der Waals surface area contributed by atoms with E-state index in [0.29, 0.717) is 18.1 Å². The Morgan fingerprint density at radius 1 is 1.22 bits per heavy atom. The number of halogens is 1. The zero-order valence-corrected chi connectivity index (χ0v) is 28.2. The highest BCUT2D eigenvalue weighted by Crippen LogP contribution is 2.46. The lowest BCUT2D eigenvalue weighted by atomic mass is 9.79. The Morgan fingerprint density at radius 3 is 2.51 bits per heavy atom. The number of nitrogens with zero attached hydrogens (tertiary/aromatic N) is 2. The van der Waals surface area contributed by atoms with Gasteiger partial charge in [-0.3, -0.25) is 0 Å². The first kappa shape index (κ1) is 36.8. The van der Waals surface area contributed by atoms with Gasteiger partial charge in [-0.05, 0) is 95.4 Å². The third kappa shape index (κ3) is 12.3. The van der Waals surface area contributed by atoms with E-state index in [2.05, 4.69) is 58.9 Å². The quantitative estimate of drug-likeness (QED) is 0.0938. The van der Waals surface area contributed by atoms with E-state index in [1.165, 1.54) is 12.8 Å². The van der Waals surface area contributed by atoms with Gasteiger partial charge in [0.2, 0.25) is 0 Å². The van der Waals surface area contributed by atoms with Gasteiger partial charge in [0.25, 0.3) is 0 Å². The molecule has 2 aromatic rings. The largest absolute Gasteiger partial charge is 0.508 e. The predicted molar refractivity (Wildman–Crippen MR) is 175 cm³/mol. The number of aromatic hydroxyl groups is 1. The Morgan fingerprint density at radius 2 is 1.95 bits per heavy atom. The first-order valence-corrected chi connectivity index (χ1v) is 16.4. The van der Waals surface area contributed by atoms with Crippen LogP contribution >= 0.6 is 15.9 Å². The van der Waals surface area contributed by atoms with Crippen LogP contribution < -0.4 is 4.74 Å². The number of hydrogen-bond donors (Lipinski definition) is 2. The first-order valence-electron chi connectivity index (χ1n) is 15.3. The average molecular weight is 636 g/mol. The van der Waals surface area contributed by atoms with Crippen LogP contribution in [0.1, 0.15) is 110 Å². The summed E-state index contributed by atoms with van der Waals surface area (Å²) in [4.78, 5) is 4.06. The summed E-state index contributed by atoms with van der Waals surface area (Å²) >= 11 is 3.31. The maximum Gasteiger partial charge on any atom is 0.127 e. The number of alkyl halides is 1. The normalized spacial score (nSPS) is 14.8. The summed E-state index contributed by atoms with van der Waals surface area (Å²) in [6, 6.07) is 3.85. The molecule has 1 aromatic heterocycles. The number of aliphatic hydroxyl groups excluding tert-OH is 1. The van der Waals surface area contributed by atoms with E-state index in [-0.39, 0.29) is 24.4 Å². The second kappa shape index (κ2) is 19.8. The smallest absolute Gasteiger partial charge is 0.127 e. The lowest BCUT2D eigenvalue weighted by Gasteiger charge is -2.31. The van der Waals surface area contributed by atoms with Crippen LogP contribution in [0, 0.1) is 0 Å². The molecule has 0 radical (unpaired) electrons. The molecule has 1 aliphatic carbocycles. The second-order valence-electron chi connectivity index (χ2n) is 11.0. The number of unbranched alkanes of at least 4 members (excludes halogenated alkanes) is 2. The minimum absolute atomic E-state index is 0.0251. The molecule has 3 rings (SSSR count). The zero-order chi connectivity index (χ0) is 30.8. The number of phenols is 1. The van der Waals surface area contributed by atoms with E-state index in [9.17, 15) is 10.2 Å². The molecule has 6 nitrogen and oxygen atoms in total. The van der Waals surface area contributed by atoms with Gasteiger partial charge in [0.1, 0.15) is 11.5 Å². The molecular formula is C34H55BrN2O4. The minimum Gasteiger partial charge on any atom is -0.508 e. The Bertz CT molecular complexity index is 1030. The molecule has 7 heteroatoms. The van der Waals surface area contributed by atoms with E-state index >= 15 is 0 Å². The van der Waals surface area contributed by atoms with Crippen molar-refractivity contribution in [3.8, 4) is 11.5 Å². The van der Waals surface area contributed by atoms with Gasteiger partial charge in [-0.1, -0.05) is 55.8 Å². The highest BCUT2D eigenvalue weighted by atomic mass is 79.9. The van der Waals surface area contributed by atoms with Crippen LogP contribution in [-0.4, -0.2) is 44.4 Å². The van der Waals surface area contributed by atoms with Gasteiger partial charge in [0.15, 0.2) is 0 Å². The van der Waals surface area contributed by atoms with Gasteiger partial charge in [-0.25, -0.2) is 4.98 Å². The first-order chi connectivity index (χ1) is 19.6. The number of aryl methyl sites for hydroxylation is 1. The van der Waals surface area contributed by atoms with E-state index in [4.69, 9.17) is 9.47 Å². The van der Waals surface area contributed by atoms with E-state index in [0.717, 1.165) is 60.7 Å². The Kier molecular flexibility index (Phi) is 17.8. The number of phenolic OH excluding ortho intramolecular Hbond substituents is 1. The van der Waals surface area contributed by atoms with Crippen molar-refractivity contribution in [1.29, 1.82) is 0 Å². The Balaban J connectivity index is 0.00000108. The van der Waals surface area contributed by atoms with Crippen LogP contribution in [0.4, 0.5) is 0 Å². The van der Waals surface area contributed by atoms with Gasteiger partial charge < -0.3 is 24.3 Å². The molecule has 0 saturated heterocycles. The Labute approximate surface area is 258 Å². The molecule has 1 aromatic carbocycles. The number of ether oxygens (including phenoxy) is 2. The number of allylic oxidation sites excluding steroid dienone is 2. The van der Waals surface area contributed by atoms with E-state index in [1.807, 2.05) is 52.4 Å². The van der Waals surface area contributed by atoms with Crippen LogP contribution in [0.3, 0.4) is 0 Å². The number of hydrogen-bond acceptors (Lipinski definition) is 5. The molecule has 0 bridgehead atoms. The Hall–Kier alpha value is -2.25. The molecular weight excluding hydrogens is 580 g/mol. The van der Waals surface area contributed by atoms with Crippen molar-refractivity contribution in [3.63, 3.8) is 0 Å². The fraction of sp³-hybridized carbons (Fsp3) is 0.618. The van der Waals surface area contributed by atoms with Crippen molar-refractivity contribution in [2.75, 3.05) is 18.5 Å². The summed E-state index contributed by atoms with van der Waals surface area (Å²) < 4.78 is 14.3. The molecule has 0 amide bonds. The van der Waals surface area contributed by atoms with Crippen molar-refractivity contribution in [3.05, 3.63) is 66.0 Å². The van der Waals surface area contributed by atoms with Crippen LogP contribution in [0.2, 0.25) is 0 Å². The third-order valence-corrected chi connectivity index (χ3v) is 7.66. The van der Waals surface area contributed by atoms with E-state index < -0.39 is 5.41 Å². The molecule has 1 unspecified atom stereocenters. The number of aliphatic hydroxyl groups is 1. The van der Waals surface area contributed by atoms with Crippen LogP contribution in [-0.2, 0) is 16.7 Å².